The number of hydrogen-bond donors (Lipinski definition) is 2. The molecule has 0 aliphatic heterocycles. The van der Waals surface area contributed by atoms with Crippen molar-refractivity contribution in [2.24, 2.45) is 0 Å². The average Bonchev–Trinajstić information content (AvgIpc) is 2.59. The van der Waals surface area contributed by atoms with Crippen molar-refractivity contribution >= 4 is 29.2 Å². The van der Waals surface area contributed by atoms with E-state index in [9.17, 15) is 4.79 Å². The van der Waals surface area contributed by atoms with Crippen molar-refractivity contribution in [1.82, 2.24) is 14.6 Å². The topological polar surface area (TPSA) is 79.5 Å². The van der Waals surface area contributed by atoms with Crippen LogP contribution in [0, 0.1) is 0 Å². The van der Waals surface area contributed by atoms with Crippen molar-refractivity contribution in [2.45, 2.75) is 19.8 Å². The summed E-state index contributed by atoms with van der Waals surface area (Å²) in [6.07, 6.45) is 0.492. The Balaban J connectivity index is 2.65. The maximum Gasteiger partial charge on any atom is 0.410 e. The van der Waals surface area contributed by atoms with Crippen LogP contribution in [0.4, 0.5) is 10.6 Å². The van der Waals surface area contributed by atoms with Gasteiger partial charge in [0.2, 0.25) is 0 Å². The molecule has 0 aliphatic rings. The minimum atomic E-state index is -1.17. The second-order valence-corrected chi connectivity index (χ2v) is 4.27. The SMILES string of the molecule is CC(C)c1cnn2c(NC(=O)O)cc(Cl)nc12. The molecule has 0 radical (unpaired) electrons. The van der Waals surface area contributed by atoms with Crippen LogP contribution in [0.1, 0.15) is 25.3 Å². The molecule has 2 rings (SSSR count). The summed E-state index contributed by atoms with van der Waals surface area (Å²) in [5, 5.41) is 15.3. The van der Waals surface area contributed by atoms with Crippen molar-refractivity contribution in [1.29, 1.82) is 0 Å². The van der Waals surface area contributed by atoms with Crippen LogP contribution in [0.25, 0.3) is 5.65 Å². The minimum absolute atomic E-state index is 0.226. The quantitative estimate of drug-likeness (QED) is 0.808. The van der Waals surface area contributed by atoms with Crippen LogP contribution in [0.3, 0.4) is 0 Å². The molecular formula is C10H11ClN4O2. The summed E-state index contributed by atoms with van der Waals surface area (Å²) in [6.45, 7) is 4.01. The van der Waals surface area contributed by atoms with Crippen molar-refractivity contribution in [3.8, 4) is 0 Å². The molecule has 90 valence electrons. The van der Waals surface area contributed by atoms with Crippen molar-refractivity contribution in [3.05, 3.63) is 23.0 Å². The number of carbonyl (C=O) groups is 1. The highest BCUT2D eigenvalue weighted by atomic mass is 35.5. The molecular weight excluding hydrogens is 244 g/mol. The van der Waals surface area contributed by atoms with E-state index in [4.69, 9.17) is 16.7 Å². The third-order valence-electron chi connectivity index (χ3n) is 2.32. The minimum Gasteiger partial charge on any atom is -0.465 e. The normalized spacial score (nSPS) is 11.1. The number of nitrogens with zero attached hydrogens (tertiary/aromatic N) is 3. The van der Waals surface area contributed by atoms with Crippen LogP contribution in [0.5, 0.6) is 0 Å². The van der Waals surface area contributed by atoms with Gasteiger partial charge >= 0.3 is 6.09 Å². The second kappa shape index (κ2) is 4.21. The molecule has 2 aromatic rings. The Labute approximate surface area is 102 Å². The fourth-order valence-corrected chi connectivity index (χ4v) is 1.74. The highest BCUT2D eigenvalue weighted by Gasteiger charge is 2.14. The van der Waals surface area contributed by atoms with E-state index < -0.39 is 6.09 Å². The number of halogens is 1. The lowest BCUT2D eigenvalue weighted by Crippen LogP contribution is -2.12. The van der Waals surface area contributed by atoms with Gasteiger partial charge in [-0.2, -0.15) is 9.61 Å². The molecule has 0 aromatic carbocycles. The van der Waals surface area contributed by atoms with Crippen molar-refractivity contribution in [3.63, 3.8) is 0 Å². The third-order valence-corrected chi connectivity index (χ3v) is 2.52. The van der Waals surface area contributed by atoms with E-state index >= 15 is 0 Å². The Morgan fingerprint density at radius 1 is 1.59 bits per heavy atom. The lowest BCUT2D eigenvalue weighted by atomic mass is 10.1. The van der Waals surface area contributed by atoms with E-state index in [1.54, 1.807) is 6.20 Å². The number of rotatable bonds is 2. The summed E-state index contributed by atoms with van der Waals surface area (Å²) in [7, 11) is 0. The Morgan fingerprint density at radius 2 is 2.29 bits per heavy atom. The molecule has 0 atom stereocenters. The van der Waals surface area contributed by atoms with E-state index in [-0.39, 0.29) is 16.9 Å². The summed E-state index contributed by atoms with van der Waals surface area (Å²) in [5.41, 5.74) is 1.48. The van der Waals surface area contributed by atoms with Crippen molar-refractivity contribution in [2.75, 3.05) is 5.32 Å². The van der Waals surface area contributed by atoms with Crippen LogP contribution in [-0.4, -0.2) is 25.8 Å². The Morgan fingerprint density at radius 3 is 2.88 bits per heavy atom. The van der Waals surface area contributed by atoms with Gasteiger partial charge in [0.1, 0.15) is 11.0 Å². The number of anilines is 1. The summed E-state index contributed by atoms with van der Waals surface area (Å²) in [4.78, 5) is 14.8. The first-order valence-electron chi connectivity index (χ1n) is 5.03. The van der Waals surface area contributed by atoms with Gasteiger partial charge in [-0.05, 0) is 5.92 Å². The molecule has 7 heteroatoms. The van der Waals surface area contributed by atoms with E-state index in [0.29, 0.717) is 5.65 Å². The molecule has 17 heavy (non-hydrogen) atoms. The predicted molar refractivity (Wildman–Crippen MR) is 63.7 cm³/mol. The molecule has 0 saturated carbocycles. The number of hydrogen-bond acceptors (Lipinski definition) is 3. The number of amides is 1. The van der Waals surface area contributed by atoms with Gasteiger partial charge in [0.05, 0.1) is 6.20 Å². The van der Waals surface area contributed by atoms with Gasteiger partial charge in [-0.15, -0.1) is 0 Å². The first-order valence-corrected chi connectivity index (χ1v) is 5.41. The van der Waals surface area contributed by atoms with E-state index in [1.807, 2.05) is 13.8 Å². The standard InChI is InChI=1S/C10H11ClN4O2/c1-5(2)6-4-12-15-8(14-10(16)17)3-7(11)13-9(6)15/h3-5,14H,1-2H3,(H,16,17). The third kappa shape index (κ3) is 2.16. The summed E-state index contributed by atoms with van der Waals surface area (Å²) < 4.78 is 1.43. The maximum atomic E-state index is 10.6. The molecule has 0 unspecified atom stereocenters. The smallest absolute Gasteiger partial charge is 0.410 e. The lowest BCUT2D eigenvalue weighted by molar-refractivity contribution is 0.209. The van der Waals surface area contributed by atoms with Gasteiger partial charge in [-0.3, -0.25) is 5.32 Å². The predicted octanol–water partition coefficient (Wildman–Crippen LogP) is 2.60. The molecule has 0 saturated heterocycles. The van der Waals surface area contributed by atoms with Gasteiger partial charge in [0.25, 0.3) is 0 Å². The Kier molecular flexibility index (Phi) is 2.89. The monoisotopic (exact) mass is 254 g/mol. The average molecular weight is 255 g/mol. The van der Waals surface area contributed by atoms with Gasteiger partial charge in [-0.25, -0.2) is 9.78 Å². The zero-order valence-corrected chi connectivity index (χ0v) is 10.1. The lowest BCUT2D eigenvalue weighted by Gasteiger charge is -2.06. The van der Waals surface area contributed by atoms with E-state index in [1.165, 1.54) is 10.6 Å². The van der Waals surface area contributed by atoms with E-state index in [0.717, 1.165) is 5.56 Å². The number of carboxylic acid groups (broad SMARTS) is 1. The molecule has 2 heterocycles. The fraction of sp³-hybridized carbons (Fsp3) is 0.300. The van der Waals surface area contributed by atoms with Crippen LogP contribution in [0.2, 0.25) is 5.15 Å². The molecule has 0 fully saturated rings. The zero-order valence-electron chi connectivity index (χ0n) is 9.31. The summed E-state index contributed by atoms with van der Waals surface area (Å²) in [6, 6.07) is 1.42. The van der Waals surface area contributed by atoms with E-state index in [2.05, 4.69) is 15.4 Å². The molecule has 0 spiro atoms. The van der Waals surface area contributed by atoms with Crippen LogP contribution < -0.4 is 5.32 Å². The molecule has 0 aliphatic carbocycles. The molecule has 2 aromatic heterocycles. The molecule has 6 nitrogen and oxygen atoms in total. The maximum absolute atomic E-state index is 10.6. The molecule has 2 N–H and O–H groups in total. The highest BCUT2D eigenvalue weighted by molar-refractivity contribution is 6.29. The number of nitrogens with one attached hydrogen (secondary N) is 1. The van der Waals surface area contributed by atoms with Gasteiger partial charge < -0.3 is 5.11 Å². The van der Waals surface area contributed by atoms with Gasteiger partial charge in [0, 0.05) is 11.6 Å². The van der Waals surface area contributed by atoms with Gasteiger partial charge in [-0.1, -0.05) is 25.4 Å². The Hall–Kier alpha value is -1.82. The number of aromatic nitrogens is 3. The Bertz CT molecular complexity index is 579. The van der Waals surface area contributed by atoms with Crippen LogP contribution in [-0.2, 0) is 0 Å². The van der Waals surface area contributed by atoms with Crippen LogP contribution in [0.15, 0.2) is 12.3 Å². The van der Waals surface area contributed by atoms with Crippen molar-refractivity contribution < 1.29 is 9.90 Å². The number of fused-ring (bicyclic) bond motifs is 1. The van der Waals surface area contributed by atoms with Crippen LogP contribution >= 0.6 is 11.6 Å². The summed E-state index contributed by atoms with van der Waals surface area (Å²) in [5.74, 6) is 0.510. The zero-order chi connectivity index (χ0) is 12.6. The second-order valence-electron chi connectivity index (χ2n) is 3.88. The van der Waals surface area contributed by atoms with Gasteiger partial charge in [0.15, 0.2) is 5.65 Å². The first-order chi connectivity index (χ1) is 7.99. The highest BCUT2D eigenvalue weighted by Crippen LogP contribution is 2.23. The largest absolute Gasteiger partial charge is 0.465 e. The summed E-state index contributed by atoms with van der Waals surface area (Å²) >= 11 is 5.86. The fourth-order valence-electron chi connectivity index (χ4n) is 1.56. The first kappa shape index (κ1) is 11.7. The molecule has 1 amide bonds. The molecule has 0 bridgehead atoms.